The molecule has 4 nitrogen and oxygen atoms in total. The lowest BCUT2D eigenvalue weighted by Gasteiger charge is -2.34. The number of para-hydroxylation sites is 1. The highest BCUT2D eigenvalue weighted by Gasteiger charge is 2.44. The quantitative estimate of drug-likeness (QED) is 0.780. The van der Waals surface area contributed by atoms with Crippen LogP contribution >= 0.6 is 15.9 Å². The minimum Gasteiger partial charge on any atom is -0.384 e. The minimum atomic E-state index is -0.736. The molecule has 20 heavy (non-hydrogen) atoms. The van der Waals surface area contributed by atoms with E-state index in [4.69, 9.17) is 0 Å². The first-order chi connectivity index (χ1) is 9.66. The largest absolute Gasteiger partial charge is 0.384 e. The van der Waals surface area contributed by atoms with Gasteiger partial charge >= 0.3 is 0 Å². The van der Waals surface area contributed by atoms with E-state index >= 15 is 0 Å². The molecule has 2 atom stereocenters. The van der Waals surface area contributed by atoms with Gasteiger partial charge in [0.05, 0.1) is 11.3 Å². The number of aliphatic hydroxyl groups excluding tert-OH is 1. The zero-order chi connectivity index (χ0) is 13.9. The first kappa shape index (κ1) is 11.9. The second kappa shape index (κ2) is 4.07. The first-order valence-electron chi connectivity index (χ1n) is 6.33. The Morgan fingerprint density at radius 2 is 2.00 bits per heavy atom. The fourth-order valence-electron chi connectivity index (χ4n) is 2.91. The van der Waals surface area contributed by atoms with Crippen molar-refractivity contribution in [3.63, 3.8) is 0 Å². The molecule has 0 bridgehead atoms. The Hall–Kier alpha value is -1.85. The highest BCUT2D eigenvalue weighted by atomic mass is 79.9. The van der Waals surface area contributed by atoms with E-state index in [9.17, 15) is 9.90 Å². The molecule has 2 N–H and O–H groups in total. The Balaban J connectivity index is 1.90. The molecule has 2 aliphatic rings. The Morgan fingerprint density at radius 3 is 2.85 bits per heavy atom. The third-order valence-electron chi connectivity index (χ3n) is 3.82. The summed E-state index contributed by atoms with van der Waals surface area (Å²) in [7, 11) is 0. The molecule has 2 aliphatic heterocycles. The van der Waals surface area contributed by atoms with Gasteiger partial charge in [0.1, 0.15) is 12.3 Å². The van der Waals surface area contributed by atoms with Gasteiger partial charge in [0.2, 0.25) is 0 Å². The number of nitrogens with zero attached hydrogens (tertiary/aromatic N) is 1. The summed E-state index contributed by atoms with van der Waals surface area (Å²) < 4.78 is 0.889. The van der Waals surface area contributed by atoms with Gasteiger partial charge in [0.15, 0.2) is 0 Å². The second-order valence-corrected chi connectivity index (χ2v) is 5.87. The molecule has 0 saturated heterocycles. The average molecular weight is 331 g/mol. The maximum atomic E-state index is 12.7. The molecule has 2 aromatic carbocycles. The van der Waals surface area contributed by atoms with Crippen LogP contribution in [0.3, 0.4) is 0 Å². The number of carbonyl (C=O) groups is 1. The highest BCUT2D eigenvalue weighted by molar-refractivity contribution is 9.10. The number of rotatable bonds is 0. The Morgan fingerprint density at radius 1 is 1.20 bits per heavy atom. The number of halogens is 1. The van der Waals surface area contributed by atoms with Crippen molar-refractivity contribution in [1.29, 1.82) is 0 Å². The Kier molecular flexibility index (Phi) is 2.43. The SMILES string of the molecule is O=C1c2ccccc2N[C@@H]2[C@H](O)c3cc(Br)ccc3N12. The standard InChI is InChI=1S/C15H11BrN2O2/c16-8-5-6-12-10(7-8)13(19)14-17-11-4-2-1-3-9(11)15(20)18(12)14/h1-7,13-14,17,19H/t13-,14+/m1/s1. The molecule has 0 fully saturated rings. The molecular formula is C15H11BrN2O2. The van der Waals surface area contributed by atoms with Crippen LogP contribution in [0.15, 0.2) is 46.9 Å². The first-order valence-corrected chi connectivity index (χ1v) is 7.13. The van der Waals surface area contributed by atoms with Gasteiger partial charge in [-0.05, 0) is 30.3 Å². The van der Waals surface area contributed by atoms with Crippen LogP contribution in [0.25, 0.3) is 0 Å². The number of hydrogen-bond donors (Lipinski definition) is 2. The molecule has 0 aromatic heterocycles. The van der Waals surface area contributed by atoms with Crippen molar-refractivity contribution in [3.05, 3.63) is 58.1 Å². The fraction of sp³-hybridized carbons (Fsp3) is 0.133. The van der Waals surface area contributed by atoms with E-state index in [0.29, 0.717) is 5.56 Å². The van der Waals surface area contributed by atoms with Crippen molar-refractivity contribution in [2.45, 2.75) is 12.3 Å². The predicted octanol–water partition coefficient (Wildman–Crippen LogP) is 2.89. The van der Waals surface area contributed by atoms with E-state index in [-0.39, 0.29) is 5.91 Å². The molecule has 100 valence electrons. The van der Waals surface area contributed by atoms with Crippen molar-refractivity contribution < 1.29 is 9.90 Å². The van der Waals surface area contributed by atoms with Crippen LogP contribution in [0.5, 0.6) is 0 Å². The van der Waals surface area contributed by atoms with Crippen LogP contribution < -0.4 is 10.2 Å². The predicted molar refractivity (Wildman–Crippen MR) is 79.8 cm³/mol. The van der Waals surface area contributed by atoms with Crippen LogP contribution in [-0.4, -0.2) is 17.2 Å². The van der Waals surface area contributed by atoms with Gasteiger partial charge in [-0.15, -0.1) is 0 Å². The third-order valence-corrected chi connectivity index (χ3v) is 4.32. The fourth-order valence-corrected chi connectivity index (χ4v) is 3.29. The summed E-state index contributed by atoms with van der Waals surface area (Å²) >= 11 is 3.40. The molecule has 0 spiro atoms. The van der Waals surface area contributed by atoms with E-state index in [1.807, 2.05) is 36.4 Å². The van der Waals surface area contributed by atoms with E-state index in [1.54, 1.807) is 11.0 Å². The van der Waals surface area contributed by atoms with Crippen LogP contribution in [0.1, 0.15) is 22.0 Å². The topological polar surface area (TPSA) is 52.6 Å². The summed E-state index contributed by atoms with van der Waals surface area (Å²) in [4.78, 5) is 14.3. The number of benzene rings is 2. The minimum absolute atomic E-state index is 0.0792. The number of fused-ring (bicyclic) bond motifs is 4. The van der Waals surface area contributed by atoms with E-state index in [1.165, 1.54) is 0 Å². The Bertz CT molecular complexity index is 732. The van der Waals surface area contributed by atoms with Gasteiger partial charge in [0.25, 0.3) is 5.91 Å². The van der Waals surface area contributed by atoms with Crippen molar-refractivity contribution >= 4 is 33.2 Å². The van der Waals surface area contributed by atoms with Crippen molar-refractivity contribution in [2.75, 3.05) is 10.2 Å². The third kappa shape index (κ3) is 1.47. The van der Waals surface area contributed by atoms with Crippen LogP contribution in [0.4, 0.5) is 11.4 Å². The van der Waals surface area contributed by atoms with Gasteiger partial charge in [-0.1, -0.05) is 28.1 Å². The van der Waals surface area contributed by atoms with Gasteiger partial charge in [-0.25, -0.2) is 0 Å². The number of carbonyl (C=O) groups excluding carboxylic acids is 1. The highest BCUT2D eigenvalue weighted by Crippen LogP contribution is 2.44. The smallest absolute Gasteiger partial charge is 0.262 e. The van der Waals surface area contributed by atoms with Gasteiger partial charge in [-0.3, -0.25) is 9.69 Å². The molecule has 0 aliphatic carbocycles. The number of aliphatic hydroxyl groups is 1. The molecule has 0 unspecified atom stereocenters. The second-order valence-electron chi connectivity index (χ2n) is 4.96. The number of amides is 1. The van der Waals surface area contributed by atoms with E-state index in [0.717, 1.165) is 21.4 Å². The summed E-state index contributed by atoms with van der Waals surface area (Å²) in [5, 5.41) is 13.7. The molecule has 2 heterocycles. The number of anilines is 2. The van der Waals surface area contributed by atoms with Crippen LogP contribution in [0.2, 0.25) is 0 Å². The summed E-state index contributed by atoms with van der Waals surface area (Å²) in [6, 6.07) is 13.0. The van der Waals surface area contributed by atoms with Crippen molar-refractivity contribution in [1.82, 2.24) is 0 Å². The lowest BCUT2D eigenvalue weighted by atomic mass is 10.1. The normalized spacial score (nSPS) is 22.9. The van der Waals surface area contributed by atoms with Crippen LogP contribution in [-0.2, 0) is 0 Å². The summed E-state index contributed by atoms with van der Waals surface area (Å²) in [5.74, 6) is -0.0792. The zero-order valence-corrected chi connectivity index (χ0v) is 12.0. The molecule has 2 aromatic rings. The number of nitrogens with one attached hydrogen (secondary N) is 1. The van der Waals surface area contributed by atoms with Gasteiger partial charge in [0, 0.05) is 15.7 Å². The lowest BCUT2D eigenvalue weighted by molar-refractivity contribution is 0.0941. The van der Waals surface area contributed by atoms with E-state index < -0.39 is 12.3 Å². The molecule has 0 radical (unpaired) electrons. The molecule has 1 amide bonds. The summed E-state index contributed by atoms with van der Waals surface area (Å²) in [6.45, 7) is 0. The molecule has 4 rings (SSSR count). The summed E-state index contributed by atoms with van der Waals surface area (Å²) in [5.41, 5.74) is 2.92. The van der Waals surface area contributed by atoms with Gasteiger partial charge in [-0.2, -0.15) is 0 Å². The maximum absolute atomic E-state index is 12.7. The van der Waals surface area contributed by atoms with Crippen molar-refractivity contribution in [2.24, 2.45) is 0 Å². The number of hydrogen-bond acceptors (Lipinski definition) is 3. The van der Waals surface area contributed by atoms with E-state index in [2.05, 4.69) is 21.2 Å². The average Bonchev–Trinajstić information content (AvgIpc) is 2.73. The maximum Gasteiger partial charge on any atom is 0.262 e. The summed E-state index contributed by atoms with van der Waals surface area (Å²) in [6.07, 6.45) is -1.18. The monoisotopic (exact) mass is 330 g/mol. The zero-order valence-electron chi connectivity index (χ0n) is 10.4. The van der Waals surface area contributed by atoms with Gasteiger partial charge < -0.3 is 10.4 Å². The molecule has 0 saturated carbocycles. The Labute approximate surface area is 124 Å². The molecular weight excluding hydrogens is 320 g/mol. The van der Waals surface area contributed by atoms with Crippen LogP contribution in [0, 0.1) is 0 Å². The lowest BCUT2D eigenvalue weighted by Crippen LogP contribution is -2.48. The van der Waals surface area contributed by atoms with Crippen molar-refractivity contribution in [3.8, 4) is 0 Å². The molecule has 5 heteroatoms.